The van der Waals surface area contributed by atoms with E-state index in [2.05, 4.69) is 0 Å². The Balaban J connectivity index is 2.42. The van der Waals surface area contributed by atoms with Gasteiger partial charge in [0.2, 0.25) is 0 Å². The van der Waals surface area contributed by atoms with Crippen LogP contribution >= 0.6 is 0 Å². The Morgan fingerprint density at radius 2 is 2.19 bits per heavy atom. The van der Waals surface area contributed by atoms with Crippen molar-refractivity contribution in [1.82, 2.24) is 0 Å². The van der Waals surface area contributed by atoms with Crippen LogP contribution in [0.25, 0.3) is 0 Å². The Morgan fingerprint density at radius 3 is 2.81 bits per heavy atom. The molecule has 1 unspecified atom stereocenters. The van der Waals surface area contributed by atoms with Gasteiger partial charge in [0.05, 0.1) is 23.7 Å². The molecule has 1 heterocycles. The molecule has 1 fully saturated rings. The zero-order valence-corrected chi connectivity index (χ0v) is 12.2. The lowest BCUT2D eigenvalue weighted by atomic mass is 10.1. The van der Waals surface area contributed by atoms with Crippen LogP contribution < -0.4 is 4.90 Å². The predicted molar refractivity (Wildman–Crippen MR) is 80.4 cm³/mol. The van der Waals surface area contributed by atoms with Crippen molar-refractivity contribution >= 4 is 11.4 Å². The second-order valence-electron chi connectivity index (χ2n) is 5.56. The van der Waals surface area contributed by atoms with Crippen LogP contribution in [0, 0.1) is 10.1 Å². The molecule has 0 saturated carbocycles. The molecule has 1 aromatic rings. The Hall–Kier alpha value is -1.66. The third-order valence-corrected chi connectivity index (χ3v) is 4.08. The predicted octanol–water partition coefficient (Wildman–Crippen LogP) is 2.39. The van der Waals surface area contributed by atoms with Crippen molar-refractivity contribution in [1.29, 1.82) is 0 Å². The highest BCUT2D eigenvalue weighted by molar-refractivity contribution is 5.65. The summed E-state index contributed by atoms with van der Waals surface area (Å²) in [6, 6.07) is 4.75. The topological polar surface area (TPSA) is 86.8 Å². The summed E-state index contributed by atoms with van der Waals surface area (Å²) in [5.41, 5.74) is 1.06. The highest BCUT2D eigenvalue weighted by atomic mass is 16.6. The number of hydrogen-bond donors (Lipinski definition) is 2. The van der Waals surface area contributed by atoms with E-state index in [4.69, 9.17) is 0 Å². The smallest absolute Gasteiger partial charge is 0.292 e. The molecule has 0 radical (unpaired) electrons. The van der Waals surface area contributed by atoms with Gasteiger partial charge in [0.15, 0.2) is 0 Å². The molecule has 0 amide bonds. The molecule has 1 saturated heterocycles. The molecular weight excluding hydrogens is 272 g/mol. The highest BCUT2D eigenvalue weighted by Gasteiger charge is 2.27. The number of nitrogens with zero attached hydrogens (tertiary/aromatic N) is 2. The summed E-state index contributed by atoms with van der Waals surface area (Å²) in [7, 11) is 0. The second-order valence-corrected chi connectivity index (χ2v) is 5.56. The van der Waals surface area contributed by atoms with Crippen LogP contribution in [0.3, 0.4) is 0 Å². The summed E-state index contributed by atoms with van der Waals surface area (Å²) in [5, 5.41) is 30.5. The molecule has 0 aromatic heterocycles. The van der Waals surface area contributed by atoms with Gasteiger partial charge in [0, 0.05) is 12.6 Å². The largest absolute Gasteiger partial charge is 0.394 e. The van der Waals surface area contributed by atoms with E-state index in [1.807, 2.05) is 4.90 Å². The summed E-state index contributed by atoms with van der Waals surface area (Å²) >= 11 is 0. The van der Waals surface area contributed by atoms with Gasteiger partial charge >= 0.3 is 0 Å². The molecule has 2 rings (SSSR count). The standard InChI is InChI=1S/C15H22N2O4/c1-11(19)12-6-7-14(15(9-12)17(20)21)16-8-4-2-3-5-13(16)10-18/h6-7,9,11,13,18-19H,2-5,8,10H2,1H3/t11-,13?/m0/s1. The van der Waals surface area contributed by atoms with Crippen molar-refractivity contribution in [2.45, 2.75) is 44.8 Å². The van der Waals surface area contributed by atoms with Crippen LogP contribution in [-0.2, 0) is 0 Å². The van der Waals surface area contributed by atoms with E-state index in [1.165, 1.54) is 6.07 Å². The zero-order valence-electron chi connectivity index (χ0n) is 12.2. The first-order valence-electron chi connectivity index (χ1n) is 7.38. The van der Waals surface area contributed by atoms with Gasteiger partial charge in [0.25, 0.3) is 5.69 Å². The fourth-order valence-corrected chi connectivity index (χ4v) is 2.87. The Bertz CT molecular complexity index is 504. The maximum atomic E-state index is 11.4. The summed E-state index contributed by atoms with van der Waals surface area (Å²) < 4.78 is 0. The highest BCUT2D eigenvalue weighted by Crippen LogP contribution is 2.34. The quantitative estimate of drug-likeness (QED) is 0.657. The number of aliphatic hydroxyl groups excluding tert-OH is 2. The molecule has 116 valence electrons. The van der Waals surface area contributed by atoms with Gasteiger partial charge in [0.1, 0.15) is 5.69 Å². The lowest BCUT2D eigenvalue weighted by molar-refractivity contribution is -0.384. The van der Waals surface area contributed by atoms with Crippen molar-refractivity contribution in [3.8, 4) is 0 Å². The minimum atomic E-state index is -0.740. The number of benzene rings is 1. The normalized spacial score (nSPS) is 20.9. The lowest BCUT2D eigenvalue weighted by Crippen LogP contribution is -2.38. The van der Waals surface area contributed by atoms with Crippen molar-refractivity contribution in [2.24, 2.45) is 0 Å². The summed E-state index contributed by atoms with van der Waals surface area (Å²) in [4.78, 5) is 12.9. The summed E-state index contributed by atoms with van der Waals surface area (Å²) in [6.07, 6.45) is 3.17. The Kier molecular flexibility index (Phi) is 5.14. The summed E-state index contributed by atoms with van der Waals surface area (Å²) in [5.74, 6) is 0. The van der Waals surface area contributed by atoms with E-state index in [9.17, 15) is 20.3 Å². The van der Waals surface area contributed by atoms with E-state index in [-0.39, 0.29) is 18.3 Å². The van der Waals surface area contributed by atoms with E-state index < -0.39 is 11.0 Å². The summed E-state index contributed by atoms with van der Waals surface area (Å²) in [6.45, 7) is 2.29. The molecule has 0 bridgehead atoms. The molecule has 0 spiro atoms. The molecule has 6 heteroatoms. The average Bonchev–Trinajstić information content (AvgIpc) is 2.71. The van der Waals surface area contributed by atoms with Gasteiger partial charge < -0.3 is 15.1 Å². The van der Waals surface area contributed by atoms with Gasteiger partial charge in [-0.25, -0.2) is 0 Å². The van der Waals surface area contributed by atoms with Crippen molar-refractivity contribution < 1.29 is 15.1 Å². The van der Waals surface area contributed by atoms with Crippen LogP contribution in [0.1, 0.15) is 44.3 Å². The van der Waals surface area contributed by atoms with E-state index in [1.54, 1.807) is 19.1 Å². The number of nitro benzene ring substituents is 1. The molecule has 2 atom stereocenters. The van der Waals surface area contributed by atoms with Crippen LogP contribution in [0.5, 0.6) is 0 Å². The molecule has 0 aliphatic carbocycles. The van der Waals surface area contributed by atoms with Crippen LogP contribution in [0.15, 0.2) is 18.2 Å². The van der Waals surface area contributed by atoms with E-state index >= 15 is 0 Å². The van der Waals surface area contributed by atoms with Gasteiger partial charge in [-0.05, 0) is 31.4 Å². The van der Waals surface area contributed by atoms with Gasteiger partial charge in [-0.2, -0.15) is 0 Å². The first kappa shape index (κ1) is 15.7. The van der Waals surface area contributed by atoms with Crippen molar-refractivity contribution in [3.63, 3.8) is 0 Å². The van der Waals surface area contributed by atoms with Crippen LogP contribution in [-0.4, -0.2) is 34.3 Å². The van der Waals surface area contributed by atoms with Gasteiger partial charge in [-0.3, -0.25) is 10.1 Å². The monoisotopic (exact) mass is 294 g/mol. The molecule has 1 aliphatic rings. The van der Waals surface area contributed by atoms with Crippen LogP contribution in [0.4, 0.5) is 11.4 Å². The fraction of sp³-hybridized carbons (Fsp3) is 0.600. The maximum Gasteiger partial charge on any atom is 0.292 e. The third-order valence-electron chi connectivity index (χ3n) is 4.08. The lowest BCUT2D eigenvalue weighted by Gasteiger charge is -2.30. The van der Waals surface area contributed by atoms with Crippen LogP contribution in [0.2, 0.25) is 0 Å². The maximum absolute atomic E-state index is 11.4. The van der Waals surface area contributed by atoms with Crippen molar-refractivity contribution in [2.75, 3.05) is 18.1 Å². The first-order valence-corrected chi connectivity index (χ1v) is 7.38. The number of nitro groups is 1. The molecule has 21 heavy (non-hydrogen) atoms. The fourth-order valence-electron chi connectivity index (χ4n) is 2.87. The molecule has 6 nitrogen and oxygen atoms in total. The molecule has 1 aromatic carbocycles. The number of anilines is 1. The van der Waals surface area contributed by atoms with E-state index in [0.29, 0.717) is 17.8 Å². The number of hydrogen-bond acceptors (Lipinski definition) is 5. The zero-order chi connectivity index (χ0) is 15.4. The van der Waals surface area contributed by atoms with E-state index in [0.717, 1.165) is 25.7 Å². The Morgan fingerprint density at radius 1 is 1.43 bits per heavy atom. The first-order chi connectivity index (χ1) is 10.0. The number of aliphatic hydroxyl groups is 2. The Labute approximate surface area is 124 Å². The minimum absolute atomic E-state index is 0.00465. The molecule has 1 aliphatic heterocycles. The average molecular weight is 294 g/mol. The van der Waals surface area contributed by atoms with Gasteiger partial charge in [-0.15, -0.1) is 0 Å². The van der Waals surface area contributed by atoms with Gasteiger partial charge in [-0.1, -0.05) is 18.9 Å². The molecular formula is C15H22N2O4. The van der Waals surface area contributed by atoms with Crippen molar-refractivity contribution in [3.05, 3.63) is 33.9 Å². The third kappa shape index (κ3) is 3.51. The minimum Gasteiger partial charge on any atom is -0.394 e. The number of rotatable bonds is 4. The SMILES string of the molecule is C[C@H](O)c1ccc(N2CCCCCC2CO)c([N+](=O)[O-])c1. The molecule has 2 N–H and O–H groups in total. The second kappa shape index (κ2) is 6.87.